The van der Waals surface area contributed by atoms with Crippen LogP contribution in [0.25, 0.3) is 11.3 Å². The maximum atomic E-state index is 13.4. The highest BCUT2D eigenvalue weighted by Gasteiger charge is 2.17. The van der Waals surface area contributed by atoms with E-state index in [0.29, 0.717) is 22.9 Å². The topological polar surface area (TPSA) is 62.8 Å². The standard InChI is InChI=1S/C24H25FN4O3S/c1-30-21-13-17(14-22(31-2)23(21)32-3)20-15-33-24(27-19-7-5-18(25)6-8-19)29(20)11-4-10-28-12-9-26-16-28/h5-9,12-16H,4,10-11H2,1-3H3. The molecule has 2 aromatic carbocycles. The third-order valence-electron chi connectivity index (χ3n) is 5.17. The molecule has 0 aliphatic heterocycles. The van der Waals surface area contributed by atoms with Crippen LogP contribution in [0, 0.1) is 5.82 Å². The van der Waals surface area contributed by atoms with Crippen LogP contribution >= 0.6 is 11.3 Å². The fraction of sp³-hybridized carbons (Fsp3) is 0.250. The molecule has 2 aromatic heterocycles. The van der Waals surface area contributed by atoms with E-state index in [0.717, 1.165) is 35.6 Å². The van der Waals surface area contributed by atoms with Crippen LogP contribution in [0.3, 0.4) is 0 Å². The van der Waals surface area contributed by atoms with E-state index in [1.165, 1.54) is 23.5 Å². The molecule has 7 nitrogen and oxygen atoms in total. The molecule has 0 aliphatic rings. The number of aromatic nitrogens is 3. The zero-order valence-electron chi connectivity index (χ0n) is 18.7. The first kappa shape index (κ1) is 22.6. The van der Waals surface area contributed by atoms with Crippen molar-refractivity contribution in [1.29, 1.82) is 0 Å². The van der Waals surface area contributed by atoms with Crippen LogP contribution in [0.4, 0.5) is 10.1 Å². The smallest absolute Gasteiger partial charge is 0.203 e. The van der Waals surface area contributed by atoms with Gasteiger partial charge in [0.2, 0.25) is 5.75 Å². The van der Waals surface area contributed by atoms with Gasteiger partial charge in [-0.3, -0.25) is 0 Å². The normalized spacial score (nSPS) is 11.6. The highest BCUT2D eigenvalue weighted by Crippen LogP contribution is 2.41. The summed E-state index contributed by atoms with van der Waals surface area (Å²) in [5.41, 5.74) is 2.59. The molecule has 0 saturated heterocycles. The summed E-state index contributed by atoms with van der Waals surface area (Å²) in [6.45, 7) is 1.56. The molecule has 0 spiro atoms. The van der Waals surface area contributed by atoms with Gasteiger partial charge in [-0.2, -0.15) is 0 Å². The van der Waals surface area contributed by atoms with Crippen LogP contribution in [0.2, 0.25) is 0 Å². The van der Waals surface area contributed by atoms with Crippen molar-refractivity contribution in [3.05, 3.63) is 71.1 Å². The van der Waals surface area contributed by atoms with Gasteiger partial charge in [-0.1, -0.05) is 0 Å². The van der Waals surface area contributed by atoms with Crippen molar-refractivity contribution in [1.82, 2.24) is 14.1 Å². The highest BCUT2D eigenvalue weighted by molar-refractivity contribution is 7.07. The van der Waals surface area contributed by atoms with Gasteiger partial charge < -0.3 is 23.3 Å². The van der Waals surface area contributed by atoms with Crippen molar-refractivity contribution in [3.8, 4) is 28.5 Å². The molecule has 4 aromatic rings. The van der Waals surface area contributed by atoms with E-state index in [-0.39, 0.29) is 5.82 Å². The lowest BCUT2D eigenvalue weighted by molar-refractivity contribution is 0.324. The number of nitrogens with zero attached hydrogens (tertiary/aromatic N) is 4. The Morgan fingerprint density at radius 2 is 1.73 bits per heavy atom. The summed E-state index contributed by atoms with van der Waals surface area (Å²) in [5.74, 6) is 1.42. The van der Waals surface area contributed by atoms with Gasteiger partial charge in [0.1, 0.15) is 5.82 Å². The average molecular weight is 469 g/mol. The maximum Gasteiger partial charge on any atom is 0.203 e. The summed E-state index contributed by atoms with van der Waals surface area (Å²) >= 11 is 1.53. The van der Waals surface area contributed by atoms with Crippen LogP contribution < -0.4 is 19.0 Å². The maximum absolute atomic E-state index is 13.4. The predicted molar refractivity (Wildman–Crippen MR) is 126 cm³/mol. The Morgan fingerprint density at radius 1 is 1.00 bits per heavy atom. The molecular weight excluding hydrogens is 443 g/mol. The molecule has 0 radical (unpaired) electrons. The Hall–Kier alpha value is -3.59. The van der Waals surface area contributed by atoms with Gasteiger partial charge in [-0.05, 0) is 42.8 Å². The van der Waals surface area contributed by atoms with E-state index >= 15 is 0 Å². The van der Waals surface area contributed by atoms with Crippen LogP contribution in [0.15, 0.2) is 65.5 Å². The van der Waals surface area contributed by atoms with Crippen molar-refractivity contribution >= 4 is 17.0 Å². The van der Waals surface area contributed by atoms with E-state index < -0.39 is 0 Å². The summed E-state index contributed by atoms with van der Waals surface area (Å²) in [6.07, 6.45) is 6.40. The first-order valence-electron chi connectivity index (χ1n) is 10.4. The SMILES string of the molecule is COc1cc(-c2csc(=Nc3ccc(F)cc3)n2CCCn2ccnc2)cc(OC)c1OC. The van der Waals surface area contributed by atoms with Gasteiger partial charge >= 0.3 is 0 Å². The summed E-state index contributed by atoms with van der Waals surface area (Å²) in [6, 6.07) is 10.0. The molecule has 0 bridgehead atoms. The number of imidazole rings is 1. The molecule has 0 N–H and O–H groups in total. The second kappa shape index (κ2) is 10.4. The Labute approximate surface area is 195 Å². The Kier molecular flexibility index (Phi) is 7.09. The first-order chi connectivity index (χ1) is 16.1. The van der Waals surface area contributed by atoms with E-state index in [1.807, 2.05) is 29.2 Å². The second-order valence-electron chi connectivity index (χ2n) is 7.21. The van der Waals surface area contributed by atoms with Crippen LogP contribution in [0.5, 0.6) is 17.2 Å². The van der Waals surface area contributed by atoms with Crippen molar-refractivity contribution in [2.75, 3.05) is 21.3 Å². The fourth-order valence-electron chi connectivity index (χ4n) is 3.55. The number of hydrogen-bond acceptors (Lipinski definition) is 6. The summed E-state index contributed by atoms with van der Waals surface area (Å²) in [5, 5.41) is 2.06. The summed E-state index contributed by atoms with van der Waals surface area (Å²) in [4.78, 5) is 9.69. The molecule has 0 aliphatic carbocycles. The zero-order chi connectivity index (χ0) is 23.2. The number of methoxy groups -OCH3 is 3. The molecule has 0 saturated carbocycles. The minimum absolute atomic E-state index is 0.286. The molecule has 0 unspecified atom stereocenters. The molecule has 2 heterocycles. The van der Waals surface area contributed by atoms with Gasteiger partial charge in [-0.25, -0.2) is 14.4 Å². The minimum Gasteiger partial charge on any atom is -0.493 e. The van der Waals surface area contributed by atoms with E-state index in [1.54, 1.807) is 39.7 Å². The number of rotatable bonds is 9. The molecule has 9 heteroatoms. The lowest BCUT2D eigenvalue weighted by atomic mass is 10.1. The molecule has 0 fully saturated rings. The number of halogens is 1. The lowest BCUT2D eigenvalue weighted by Gasteiger charge is -2.15. The molecule has 33 heavy (non-hydrogen) atoms. The van der Waals surface area contributed by atoms with Gasteiger partial charge in [0.05, 0.1) is 39.0 Å². The number of hydrogen-bond donors (Lipinski definition) is 0. The zero-order valence-corrected chi connectivity index (χ0v) is 19.5. The predicted octanol–water partition coefficient (Wildman–Crippen LogP) is 4.90. The molecular formula is C24H25FN4O3S. The lowest BCUT2D eigenvalue weighted by Crippen LogP contribution is -2.17. The average Bonchev–Trinajstić information content (AvgIpc) is 3.50. The van der Waals surface area contributed by atoms with Gasteiger partial charge in [0.15, 0.2) is 16.3 Å². The van der Waals surface area contributed by atoms with Gasteiger partial charge in [-0.15, -0.1) is 11.3 Å². The molecule has 0 atom stereocenters. The third-order valence-corrected chi connectivity index (χ3v) is 6.03. The first-order valence-corrected chi connectivity index (χ1v) is 11.3. The quantitative estimate of drug-likeness (QED) is 0.351. The van der Waals surface area contributed by atoms with E-state index in [2.05, 4.69) is 14.9 Å². The molecule has 4 rings (SSSR count). The summed E-state index contributed by atoms with van der Waals surface area (Å²) < 4.78 is 34.1. The Morgan fingerprint density at radius 3 is 2.33 bits per heavy atom. The van der Waals surface area contributed by atoms with Crippen LogP contribution in [-0.4, -0.2) is 35.4 Å². The van der Waals surface area contributed by atoms with Crippen LogP contribution in [0.1, 0.15) is 6.42 Å². The van der Waals surface area contributed by atoms with Gasteiger partial charge in [0, 0.05) is 36.4 Å². The number of ether oxygens (including phenoxy) is 3. The summed E-state index contributed by atoms with van der Waals surface area (Å²) in [7, 11) is 4.78. The van der Waals surface area contributed by atoms with Gasteiger partial charge in [0.25, 0.3) is 0 Å². The largest absolute Gasteiger partial charge is 0.493 e. The number of aryl methyl sites for hydroxylation is 1. The fourth-order valence-corrected chi connectivity index (χ4v) is 4.51. The van der Waals surface area contributed by atoms with Crippen molar-refractivity contribution < 1.29 is 18.6 Å². The minimum atomic E-state index is -0.286. The number of thiazole rings is 1. The Balaban J connectivity index is 1.77. The van der Waals surface area contributed by atoms with Crippen LogP contribution in [-0.2, 0) is 13.1 Å². The Bertz CT molecular complexity index is 1240. The van der Waals surface area contributed by atoms with Crippen molar-refractivity contribution in [3.63, 3.8) is 0 Å². The molecule has 172 valence electrons. The third kappa shape index (κ3) is 5.09. The highest BCUT2D eigenvalue weighted by atomic mass is 32.1. The number of benzene rings is 2. The van der Waals surface area contributed by atoms with Crippen molar-refractivity contribution in [2.45, 2.75) is 19.5 Å². The van der Waals surface area contributed by atoms with Crippen molar-refractivity contribution in [2.24, 2.45) is 4.99 Å². The second-order valence-corrected chi connectivity index (χ2v) is 8.05. The van der Waals surface area contributed by atoms with E-state index in [9.17, 15) is 4.39 Å². The monoisotopic (exact) mass is 468 g/mol. The molecule has 0 amide bonds. The van der Waals surface area contributed by atoms with E-state index in [4.69, 9.17) is 19.2 Å².